The number of hydrogen-bond donors (Lipinski definition) is 0. The van der Waals surface area contributed by atoms with Gasteiger partial charge < -0.3 is 9.47 Å². The predicted molar refractivity (Wildman–Crippen MR) is 95.9 cm³/mol. The third kappa shape index (κ3) is 3.72. The van der Waals surface area contributed by atoms with Gasteiger partial charge in [0.25, 0.3) is 0 Å². The first-order valence-electron chi connectivity index (χ1n) is 9.14. The van der Waals surface area contributed by atoms with Gasteiger partial charge in [-0.05, 0) is 47.7 Å². The highest BCUT2D eigenvalue weighted by Gasteiger charge is 2.55. The summed E-state index contributed by atoms with van der Waals surface area (Å²) in [5.41, 5.74) is -1.88. The Labute approximate surface area is 175 Å². The van der Waals surface area contributed by atoms with Crippen LogP contribution in [0.4, 0.5) is 26.3 Å². The maximum atomic E-state index is 14.3. The highest BCUT2D eigenvalue weighted by Crippen LogP contribution is 2.48. The average Bonchev–Trinajstić information content (AvgIpc) is 3.44. The topological polar surface area (TPSA) is 74.5 Å². The Bertz CT molecular complexity index is 1190. The molecule has 2 heterocycles. The molecule has 2 aromatic carbocycles. The van der Waals surface area contributed by atoms with Crippen LogP contribution in [0.1, 0.15) is 18.5 Å². The zero-order valence-corrected chi connectivity index (χ0v) is 16.2. The molecule has 0 bridgehead atoms. The number of hydrogen-bond acceptors (Lipinski definition) is 5. The van der Waals surface area contributed by atoms with Gasteiger partial charge in [0.1, 0.15) is 23.0 Å². The van der Waals surface area contributed by atoms with Crippen molar-refractivity contribution in [2.24, 2.45) is 0 Å². The molecule has 1 fully saturated rings. The predicted octanol–water partition coefficient (Wildman–Crippen LogP) is 3.43. The number of ether oxygens (including phenoxy) is 2. The maximum Gasteiger partial charge on any atom is 0.461 e. The molecule has 0 radical (unpaired) electrons. The number of aromatic nitrogens is 4. The molecule has 13 heteroatoms. The Kier molecular flexibility index (Phi) is 5.23. The molecule has 3 aromatic rings. The van der Waals surface area contributed by atoms with Gasteiger partial charge >= 0.3 is 18.2 Å². The van der Waals surface area contributed by atoms with Crippen LogP contribution >= 0.6 is 0 Å². The van der Waals surface area contributed by atoms with Gasteiger partial charge in [-0.15, -0.1) is 0 Å². The monoisotopic (exact) mass is 460 g/mol. The summed E-state index contributed by atoms with van der Waals surface area (Å²) in [6.07, 6.45) is -8.69. The number of alkyl halides is 4. The summed E-state index contributed by atoms with van der Waals surface area (Å²) in [5, 5.41) is 7.48. The van der Waals surface area contributed by atoms with Crippen molar-refractivity contribution in [2.75, 3.05) is 6.61 Å². The molecule has 1 saturated heterocycles. The van der Waals surface area contributed by atoms with E-state index < -0.39 is 47.3 Å². The van der Waals surface area contributed by atoms with Crippen molar-refractivity contribution >= 4 is 0 Å². The molecule has 32 heavy (non-hydrogen) atoms. The second-order valence-corrected chi connectivity index (χ2v) is 7.05. The van der Waals surface area contributed by atoms with Crippen molar-refractivity contribution in [3.63, 3.8) is 0 Å². The van der Waals surface area contributed by atoms with Gasteiger partial charge in [0.15, 0.2) is 0 Å². The molecule has 7 nitrogen and oxygen atoms in total. The summed E-state index contributed by atoms with van der Waals surface area (Å²) in [7, 11) is 0. The maximum absolute atomic E-state index is 14.3. The van der Waals surface area contributed by atoms with E-state index in [-0.39, 0.29) is 17.9 Å². The third-order valence-electron chi connectivity index (χ3n) is 5.08. The molecule has 0 N–H and O–H groups in total. The molecule has 0 saturated carbocycles. The number of epoxide rings is 1. The molecule has 1 aliphatic heterocycles. The molecule has 0 aliphatic carbocycles. The van der Waals surface area contributed by atoms with Crippen LogP contribution in [0, 0.1) is 11.6 Å². The summed E-state index contributed by atoms with van der Waals surface area (Å²) in [6, 6.07) is 6.35. The standard InChI is InChI=1S/C19H14F6N4O3/c1-10(18(9-31-18)14-7-2-11(20)8-15(14)21)28-17(30)29(27-26-28)12-3-5-13(6-4-12)32-19(24,25)16(22)23/h2-8,10,16H,9H2,1H3/t10-,18+/m1/s1. The quantitative estimate of drug-likeness (QED) is 0.399. The zero-order valence-electron chi connectivity index (χ0n) is 16.2. The van der Waals surface area contributed by atoms with Crippen LogP contribution < -0.4 is 10.4 Å². The van der Waals surface area contributed by atoms with Crippen LogP contribution in [0.3, 0.4) is 0 Å². The van der Waals surface area contributed by atoms with E-state index in [4.69, 9.17) is 4.74 Å². The van der Waals surface area contributed by atoms with Gasteiger partial charge in [-0.25, -0.2) is 13.6 Å². The minimum absolute atomic E-state index is 0.0503. The van der Waals surface area contributed by atoms with Crippen molar-refractivity contribution in [3.05, 3.63) is 70.1 Å². The van der Waals surface area contributed by atoms with E-state index in [0.29, 0.717) is 6.07 Å². The zero-order chi connectivity index (χ0) is 23.3. The van der Waals surface area contributed by atoms with Crippen molar-refractivity contribution < 1.29 is 35.8 Å². The SMILES string of the molecule is C[C@@H](n1nnn(-c2ccc(OC(F)(F)C(F)F)cc2)c1=O)[C@]1(c2ccc(F)cc2F)CO1. The van der Waals surface area contributed by atoms with Crippen molar-refractivity contribution in [1.82, 2.24) is 19.8 Å². The van der Waals surface area contributed by atoms with Gasteiger partial charge in [0, 0.05) is 11.6 Å². The third-order valence-corrected chi connectivity index (χ3v) is 5.08. The summed E-state index contributed by atoms with van der Waals surface area (Å²) < 4.78 is 89.2. The van der Waals surface area contributed by atoms with Gasteiger partial charge in [0.05, 0.1) is 18.3 Å². The number of tetrazole rings is 1. The lowest BCUT2D eigenvalue weighted by Gasteiger charge is -2.20. The molecular weight excluding hydrogens is 446 g/mol. The second-order valence-electron chi connectivity index (χ2n) is 7.05. The van der Waals surface area contributed by atoms with Gasteiger partial charge in [-0.2, -0.15) is 26.9 Å². The van der Waals surface area contributed by atoms with Crippen molar-refractivity contribution in [1.29, 1.82) is 0 Å². The van der Waals surface area contributed by atoms with Crippen LogP contribution in [0.2, 0.25) is 0 Å². The Hall–Kier alpha value is -3.35. The van der Waals surface area contributed by atoms with E-state index in [1.807, 2.05) is 0 Å². The summed E-state index contributed by atoms with van der Waals surface area (Å²) in [5.74, 6) is -2.16. The number of rotatable bonds is 7. The van der Waals surface area contributed by atoms with Crippen LogP contribution in [-0.4, -0.2) is 38.9 Å². The first-order valence-corrected chi connectivity index (χ1v) is 9.14. The molecule has 2 atom stereocenters. The molecule has 0 amide bonds. The first-order chi connectivity index (χ1) is 15.0. The van der Waals surface area contributed by atoms with Gasteiger partial charge in [0.2, 0.25) is 0 Å². The van der Waals surface area contributed by atoms with Crippen LogP contribution in [-0.2, 0) is 10.3 Å². The molecular formula is C19H14F6N4O3. The molecule has 0 spiro atoms. The second kappa shape index (κ2) is 7.65. The molecule has 170 valence electrons. The van der Waals surface area contributed by atoms with E-state index in [1.54, 1.807) is 6.92 Å². The Morgan fingerprint density at radius 3 is 2.34 bits per heavy atom. The van der Waals surface area contributed by atoms with E-state index in [9.17, 15) is 31.1 Å². The van der Waals surface area contributed by atoms with Crippen molar-refractivity contribution in [3.8, 4) is 11.4 Å². The smallest absolute Gasteiger partial charge is 0.428 e. The fourth-order valence-corrected chi connectivity index (χ4v) is 3.25. The van der Waals surface area contributed by atoms with E-state index >= 15 is 0 Å². The molecule has 1 aromatic heterocycles. The number of halogens is 6. The van der Waals surface area contributed by atoms with Gasteiger partial charge in [-0.1, -0.05) is 6.07 Å². The fourth-order valence-electron chi connectivity index (χ4n) is 3.25. The fraction of sp³-hybridized carbons (Fsp3) is 0.316. The Balaban J connectivity index is 1.59. The highest BCUT2D eigenvalue weighted by molar-refractivity contribution is 5.36. The number of nitrogens with zero attached hydrogens (tertiary/aromatic N) is 4. The minimum Gasteiger partial charge on any atom is -0.428 e. The highest BCUT2D eigenvalue weighted by atomic mass is 19.3. The molecule has 0 unspecified atom stereocenters. The van der Waals surface area contributed by atoms with E-state index in [1.165, 1.54) is 6.07 Å². The Morgan fingerprint density at radius 1 is 1.12 bits per heavy atom. The summed E-state index contributed by atoms with van der Waals surface area (Å²) in [6.45, 7) is 1.60. The van der Waals surface area contributed by atoms with Crippen LogP contribution in [0.5, 0.6) is 5.75 Å². The van der Waals surface area contributed by atoms with E-state index in [0.717, 1.165) is 39.7 Å². The minimum atomic E-state index is -4.68. The van der Waals surface area contributed by atoms with Crippen molar-refractivity contribution in [2.45, 2.75) is 31.1 Å². The van der Waals surface area contributed by atoms with Crippen LogP contribution in [0.15, 0.2) is 47.3 Å². The average molecular weight is 460 g/mol. The molecule has 1 aliphatic rings. The lowest BCUT2D eigenvalue weighted by Crippen LogP contribution is -2.34. The number of benzene rings is 2. The van der Waals surface area contributed by atoms with Crippen LogP contribution in [0.25, 0.3) is 5.69 Å². The van der Waals surface area contributed by atoms with E-state index in [2.05, 4.69) is 15.2 Å². The molecule has 4 rings (SSSR count). The lowest BCUT2D eigenvalue weighted by atomic mass is 9.92. The lowest BCUT2D eigenvalue weighted by molar-refractivity contribution is -0.253. The Morgan fingerprint density at radius 2 is 1.78 bits per heavy atom. The summed E-state index contributed by atoms with van der Waals surface area (Å²) >= 11 is 0. The first kappa shape index (κ1) is 21.9. The van der Waals surface area contributed by atoms with Gasteiger partial charge in [-0.3, -0.25) is 0 Å². The summed E-state index contributed by atoms with van der Waals surface area (Å²) in [4.78, 5) is 12.8. The normalized spacial score (nSPS) is 19.2. The largest absolute Gasteiger partial charge is 0.461 e.